The topological polar surface area (TPSA) is 60.8 Å². The summed E-state index contributed by atoms with van der Waals surface area (Å²) in [6, 6.07) is 0. The van der Waals surface area contributed by atoms with Gasteiger partial charge in [0.2, 0.25) is 0 Å². The highest BCUT2D eigenvalue weighted by Crippen LogP contribution is 2.10. The van der Waals surface area contributed by atoms with Gasteiger partial charge in [0.15, 0.2) is 0 Å². The Morgan fingerprint density at radius 3 is 2.85 bits per heavy atom. The van der Waals surface area contributed by atoms with E-state index in [0.29, 0.717) is 13.1 Å². The van der Waals surface area contributed by atoms with E-state index in [9.17, 15) is 9.90 Å². The Kier molecular flexibility index (Phi) is 3.45. The number of aliphatic hydroxyl groups is 1. The molecule has 1 heterocycles. The molecule has 4 nitrogen and oxygen atoms in total. The van der Waals surface area contributed by atoms with Gasteiger partial charge in [0.25, 0.3) is 0 Å². The minimum Gasteiger partial charge on any atom is -0.478 e. The maximum atomic E-state index is 10.5. The Hall–Kier alpha value is -0.870. The van der Waals surface area contributed by atoms with Gasteiger partial charge in [0.05, 0.1) is 6.10 Å². The lowest BCUT2D eigenvalue weighted by molar-refractivity contribution is -0.133. The zero-order valence-electron chi connectivity index (χ0n) is 7.57. The third kappa shape index (κ3) is 3.16. The molecule has 0 aliphatic carbocycles. The van der Waals surface area contributed by atoms with Gasteiger partial charge < -0.3 is 10.2 Å². The minimum atomic E-state index is -0.958. The smallest absolute Gasteiger partial charge is 0.332 e. The number of carboxylic acids is 1. The van der Waals surface area contributed by atoms with Crippen LogP contribution in [0.3, 0.4) is 0 Å². The molecule has 0 bridgehead atoms. The molecule has 0 amide bonds. The van der Waals surface area contributed by atoms with Gasteiger partial charge in [-0.05, 0) is 19.4 Å². The van der Waals surface area contributed by atoms with Crippen LogP contribution in [0.25, 0.3) is 0 Å². The predicted octanol–water partition coefficient (Wildman–Crippen LogP) is 0.0839. The summed E-state index contributed by atoms with van der Waals surface area (Å²) >= 11 is 0. The molecule has 0 aromatic carbocycles. The molecule has 1 aliphatic heterocycles. The number of carboxylic acid groups (broad SMARTS) is 1. The first-order chi connectivity index (χ1) is 6.09. The average molecular weight is 185 g/mol. The summed E-state index contributed by atoms with van der Waals surface area (Å²) in [4.78, 5) is 12.4. The highest BCUT2D eigenvalue weighted by Gasteiger charge is 2.19. The second-order valence-corrected chi connectivity index (χ2v) is 3.44. The number of β-amino-alcohol motifs (C(OH)–C–C–N with tert-alkyl or cyclic N) is 1. The van der Waals surface area contributed by atoms with Crippen molar-refractivity contribution >= 4 is 5.97 Å². The molecule has 13 heavy (non-hydrogen) atoms. The number of carbonyl (C=O) groups is 1. The van der Waals surface area contributed by atoms with E-state index in [0.717, 1.165) is 19.4 Å². The quantitative estimate of drug-likeness (QED) is 0.611. The summed E-state index contributed by atoms with van der Waals surface area (Å²) in [6.45, 7) is 5.22. The Balaban J connectivity index is 2.36. The first kappa shape index (κ1) is 10.2. The van der Waals surface area contributed by atoms with Gasteiger partial charge in [-0.2, -0.15) is 0 Å². The van der Waals surface area contributed by atoms with Crippen LogP contribution in [-0.2, 0) is 4.79 Å². The van der Waals surface area contributed by atoms with Gasteiger partial charge in [-0.3, -0.25) is 4.90 Å². The van der Waals surface area contributed by atoms with E-state index in [4.69, 9.17) is 5.11 Å². The molecule has 1 atom stereocenters. The highest BCUT2D eigenvalue weighted by atomic mass is 16.4. The van der Waals surface area contributed by atoms with Crippen molar-refractivity contribution in [3.8, 4) is 0 Å². The van der Waals surface area contributed by atoms with Crippen molar-refractivity contribution < 1.29 is 15.0 Å². The fourth-order valence-corrected chi connectivity index (χ4v) is 1.51. The van der Waals surface area contributed by atoms with Crippen molar-refractivity contribution in [2.45, 2.75) is 18.9 Å². The van der Waals surface area contributed by atoms with Gasteiger partial charge in [-0.1, -0.05) is 6.58 Å². The molecular weight excluding hydrogens is 170 g/mol. The van der Waals surface area contributed by atoms with Gasteiger partial charge in [-0.25, -0.2) is 4.79 Å². The SMILES string of the molecule is C=C(CN1CCCC(O)C1)C(=O)O. The van der Waals surface area contributed by atoms with Crippen LogP contribution in [-0.4, -0.2) is 46.8 Å². The summed E-state index contributed by atoms with van der Waals surface area (Å²) in [6.07, 6.45) is 1.43. The van der Waals surface area contributed by atoms with E-state index in [1.807, 2.05) is 4.90 Å². The van der Waals surface area contributed by atoms with Crippen LogP contribution < -0.4 is 0 Å². The normalized spacial score (nSPS) is 24.2. The van der Waals surface area contributed by atoms with Crippen molar-refractivity contribution in [3.05, 3.63) is 12.2 Å². The molecule has 1 fully saturated rings. The third-order valence-corrected chi connectivity index (χ3v) is 2.20. The fourth-order valence-electron chi connectivity index (χ4n) is 1.51. The minimum absolute atomic E-state index is 0.189. The van der Waals surface area contributed by atoms with E-state index in [1.54, 1.807) is 0 Å². The largest absolute Gasteiger partial charge is 0.478 e. The number of piperidine rings is 1. The van der Waals surface area contributed by atoms with Crippen molar-refractivity contribution in [2.75, 3.05) is 19.6 Å². The van der Waals surface area contributed by atoms with Crippen LogP contribution >= 0.6 is 0 Å². The predicted molar refractivity (Wildman–Crippen MR) is 48.5 cm³/mol. The van der Waals surface area contributed by atoms with E-state index >= 15 is 0 Å². The molecule has 0 spiro atoms. The van der Waals surface area contributed by atoms with Crippen LogP contribution in [0.2, 0.25) is 0 Å². The molecule has 1 unspecified atom stereocenters. The molecule has 0 aromatic rings. The monoisotopic (exact) mass is 185 g/mol. The Morgan fingerprint density at radius 2 is 2.31 bits per heavy atom. The van der Waals surface area contributed by atoms with Gasteiger partial charge in [0, 0.05) is 18.7 Å². The maximum Gasteiger partial charge on any atom is 0.332 e. The first-order valence-electron chi connectivity index (χ1n) is 4.41. The fraction of sp³-hybridized carbons (Fsp3) is 0.667. The van der Waals surface area contributed by atoms with E-state index in [1.165, 1.54) is 0 Å². The maximum absolute atomic E-state index is 10.5. The number of aliphatic carboxylic acids is 1. The highest BCUT2D eigenvalue weighted by molar-refractivity contribution is 5.86. The molecule has 0 saturated carbocycles. The molecule has 4 heteroatoms. The molecule has 1 aliphatic rings. The zero-order valence-corrected chi connectivity index (χ0v) is 7.57. The van der Waals surface area contributed by atoms with E-state index in [-0.39, 0.29) is 11.7 Å². The second kappa shape index (κ2) is 4.39. The summed E-state index contributed by atoms with van der Waals surface area (Å²) in [7, 11) is 0. The van der Waals surface area contributed by atoms with Crippen molar-refractivity contribution in [3.63, 3.8) is 0 Å². The number of hydrogen-bond acceptors (Lipinski definition) is 3. The molecule has 74 valence electrons. The van der Waals surface area contributed by atoms with Gasteiger partial charge >= 0.3 is 5.97 Å². The second-order valence-electron chi connectivity index (χ2n) is 3.44. The number of likely N-dealkylation sites (tertiary alicyclic amines) is 1. The van der Waals surface area contributed by atoms with E-state index < -0.39 is 5.97 Å². The Morgan fingerprint density at radius 1 is 1.62 bits per heavy atom. The lowest BCUT2D eigenvalue weighted by Crippen LogP contribution is -2.39. The third-order valence-electron chi connectivity index (χ3n) is 2.20. The first-order valence-corrected chi connectivity index (χ1v) is 4.41. The average Bonchev–Trinajstić information content (AvgIpc) is 2.04. The Bertz CT molecular complexity index is 215. The summed E-state index contributed by atoms with van der Waals surface area (Å²) in [5, 5.41) is 17.9. The lowest BCUT2D eigenvalue weighted by Gasteiger charge is -2.29. The summed E-state index contributed by atoms with van der Waals surface area (Å²) in [5.74, 6) is -0.958. The number of aliphatic hydroxyl groups excluding tert-OH is 1. The van der Waals surface area contributed by atoms with Gasteiger partial charge in [-0.15, -0.1) is 0 Å². The molecule has 0 aromatic heterocycles. The van der Waals surface area contributed by atoms with Crippen LogP contribution in [0, 0.1) is 0 Å². The molecule has 2 N–H and O–H groups in total. The van der Waals surface area contributed by atoms with Crippen molar-refractivity contribution in [1.82, 2.24) is 4.90 Å². The summed E-state index contributed by atoms with van der Waals surface area (Å²) in [5.41, 5.74) is 0.189. The molecular formula is C9H15NO3. The van der Waals surface area contributed by atoms with E-state index in [2.05, 4.69) is 6.58 Å². The number of nitrogens with zero attached hydrogens (tertiary/aromatic N) is 1. The van der Waals surface area contributed by atoms with Crippen LogP contribution in [0.15, 0.2) is 12.2 Å². The molecule has 1 rings (SSSR count). The summed E-state index contributed by atoms with van der Waals surface area (Å²) < 4.78 is 0. The Labute approximate surface area is 77.5 Å². The van der Waals surface area contributed by atoms with Crippen LogP contribution in [0.4, 0.5) is 0 Å². The lowest BCUT2D eigenvalue weighted by atomic mass is 10.1. The number of hydrogen-bond donors (Lipinski definition) is 2. The molecule has 0 radical (unpaired) electrons. The van der Waals surface area contributed by atoms with Gasteiger partial charge in [0.1, 0.15) is 0 Å². The van der Waals surface area contributed by atoms with Crippen molar-refractivity contribution in [2.24, 2.45) is 0 Å². The standard InChI is InChI=1S/C9H15NO3/c1-7(9(12)13)5-10-4-2-3-8(11)6-10/h8,11H,1-6H2,(H,12,13). The zero-order chi connectivity index (χ0) is 9.84. The van der Waals surface area contributed by atoms with Crippen molar-refractivity contribution in [1.29, 1.82) is 0 Å². The van der Waals surface area contributed by atoms with Crippen LogP contribution in [0.5, 0.6) is 0 Å². The molecule has 1 saturated heterocycles. The van der Waals surface area contributed by atoms with Crippen LogP contribution in [0.1, 0.15) is 12.8 Å². The number of rotatable bonds is 3.